The Hall–Kier alpha value is -3.66. The fourth-order valence-corrected chi connectivity index (χ4v) is 5.75. The lowest BCUT2D eigenvalue weighted by atomic mass is 9.79. The summed E-state index contributed by atoms with van der Waals surface area (Å²) in [5, 5.41) is 22.6. The van der Waals surface area contributed by atoms with Crippen LogP contribution in [-0.4, -0.2) is 34.7 Å². The summed E-state index contributed by atoms with van der Waals surface area (Å²) in [5.41, 5.74) is 6.21. The van der Waals surface area contributed by atoms with E-state index in [4.69, 9.17) is 9.98 Å². The summed E-state index contributed by atoms with van der Waals surface area (Å²) in [5.74, 6) is 0.595. The van der Waals surface area contributed by atoms with Gasteiger partial charge in [0.2, 0.25) is 0 Å². The average molecular weight is 593 g/mol. The van der Waals surface area contributed by atoms with E-state index < -0.39 is 0 Å². The van der Waals surface area contributed by atoms with Gasteiger partial charge in [0.1, 0.15) is 11.5 Å². The SMILES string of the molecule is CC(C)(C)c1cc(C=N[C@@H]2CCCC[C@H]2N=Cc2cc(/C=C/c3ccccc3)cc(C(C)(C)C)c2O)c(O)c(C(C)(C)C)c1. The molecule has 4 rings (SSSR count). The van der Waals surface area contributed by atoms with E-state index in [0.29, 0.717) is 5.75 Å². The van der Waals surface area contributed by atoms with Crippen molar-refractivity contribution in [3.63, 3.8) is 0 Å². The van der Waals surface area contributed by atoms with Crippen LogP contribution in [0.5, 0.6) is 11.5 Å². The summed E-state index contributed by atoms with van der Waals surface area (Å²) in [6, 6.07) is 18.6. The number of phenols is 2. The van der Waals surface area contributed by atoms with E-state index in [1.54, 1.807) is 0 Å². The Bertz CT molecular complexity index is 1530. The monoisotopic (exact) mass is 592 g/mol. The zero-order valence-corrected chi connectivity index (χ0v) is 28.3. The summed E-state index contributed by atoms with van der Waals surface area (Å²) < 4.78 is 0. The van der Waals surface area contributed by atoms with Gasteiger partial charge in [-0.2, -0.15) is 0 Å². The minimum Gasteiger partial charge on any atom is -0.507 e. The molecule has 0 spiro atoms. The van der Waals surface area contributed by atoms with Crippen LogP contribution in [0.4, 0.5) is 0 Å². The molecule has 2 N–H and O–H groups in total. The number of hydrogen-bond donors (Lipinski definition) is 2. The predicted octanol–water partition coefficient (Wildman–Crippen LogP) is 10.0. The first-order valence-corrected chi connectivity index (χ1v) is 16.1. The first-order chi connectivity index (χ1) is 20.5. The first kappa shape index (κ1) is 33.2. The number of aromatic hydroxyl groups is 2. The van der Waals surface area contributed by atoms with Crippen molar-refractivity contribution >= 4 is 24.6 Å². The molecular formula is C40H52N2O2. The van der Waals surface area contributed by atoms with Crippen LogP contribution in [-0.2, 0) is 16.2 Å². The molecule has 0 unspecified atom stereocenters. The third-order valence-corrected chi connectivity index (χ3v) is 8.56. The number of hydrogen-bond acceptors (Lipinski definition) is 4. The normalized spacial score (nSPS) is 18.6. The number of nitrogens with zero attached hydrogens (tertiary/aromatic N) is 2. The number of phenolic OH excluding ortho intramolecular Hbond substituents is 2. The maximum atomic E-state index is 11.3. The zero-order chi connectivity index (χ0) is 32.3. The molecule has 2 atom stereocenters. The van der Waals surface area contributed by atoms with Crippen molar-refractivity contribution in [1.29, 1.82) is 0 Å². The highest BCUT2D eigenvalue weighted by atomic mass is 16.3. The van der Waals surface area contributed by atoms with Gasteiger partial charge in [0.25, 0.3) is 0 Å². The summed E-state index contributed by atoms with van der Waals surface area (Å²) in [6.07, 6.45) is 12.0. The smallest absolute Gasteiger partial charge is 0.128 e. The van der Waals surface area contributed by atoms with Gasteiger partial charge in [-0.15, -0.1) is 0 Å². The second kappa shape index (κ2) is 13.1. The van der Waals surface area contributed by atoms with Crippen molar-refractivity contribution < 1.29 is 10.2 Å². The summed E-state index contributed by atoms with van der Waals surface area (Å²) in [6.45, 7) is 19.4. The Morgan fingerprint density at radius 3 is 1.57 bits per heavy atom. The number of aliphatic imine (C=N–C) groups is 2. The van der Waals surface area contributed by atoms with Crippen molar-refractivity contribution in [3.05, 3.63) is 93.5 Å². The lowest BCUT2D eigenvalue weighted by Crippen LogP contribution is -2.27. The molecule has 3 aromatic carbocycles. The van der Waals surface area contributed by atoms with Crippen LogP contribution in [0.2, 0.25) is 0 Å². The molecule has 0 saturated heterocycles. The molecule has 234 valence electrons. The Labute approximate surface area is 265 Å². The maximum absolute atomic E-state index is 11.3. The molecule has 1 fully saturated rings. The molecule has 1 aliphatic carbocycles. The van der Waals surface area contributed by atoms with Crippen molar-refractivity contribution in [1.82, 2.24) is 0 Å². The van der Waals surface area contributed by atoms with Gasteiger partial charge >= 0.3 is 0 Å². The van der Waals surface area contributed by atoms with Crippen molar-refractivity contribution in [3.8, 4) is 11.5 Å². The van der Waals surface area contributed by atoms with E-state index in [0.717, 1.165) is 59.1 Å². The number of rotatable bonds is 6. The molecule has 44 heavy (non-hydrogen) atoms. The molecule has 0 bridgehead atoms. The molecule has 0 aliphatic heterocycles. The average Bonchev–Trinajstić information content (AvgIpc) is 2.94. The van der Waals surface area contributed by atoms with Crippen LogP contribution in [0.15, 0.2) is 64.6 Å². The molecule has 3 aromatic rings. The maximum Gasteiger partial charge on any atom is 0.128 e. The highest BCUT2D eigenvalue weighted by Crippen LogP contribution is 2.38. The lowest BCUT2D eigenvalue weighted by molar-refractivity contribution is 0.390. The van der Waals surface area contributed by atoms with Gasteiger partial charge in [-0.1, -0.05) is 124 Å². The Balaban J connectivity index is 1.66. The third-order valence-electron chi connectivity index (χ3n) is 8.56. The number of benzene rings is 3. The van der Waals surface area contributed by atoms with Crippen molar-refractivity contribution in [2.45, 2.75) is 116 Å². The van der Waals surface area contributed by atoms with Crippen LogP contribution in [0.3, 0.4) is 0 Å². The third kappa shape index (κ3) is 8.28. The van der Waals surface area contributed by atoms with Gasteiger partial charge in [-0.25, -0.2) is 0 Å². The minimum absolute atomic E-state index is 0.0102. The molecule has 4 heteroatoms. The van der Waals surface area contributed by atoms with Gasteiger partial charge in [0.15, 0.2) is 0 Å². The summed E-state index contributed by atoms with van der Waals surface area (Å²) in [4.78, 5) is 10.1. The molecule has 1 aliphatic rings. The summed E-state index contributed by atoms with van der Waals surface area (Å²) in [7, 11) is 0. The topological polar surface area (TPSA) is 65.2 Å². The quantitative estimate of drug-likeness (QED) is 0.221. The Kier molecular flexibility index (Phi) is 9.93. The molecular weight excluding hydrogens is 540 g/mol. The van der Waals surface area contributed by atoms with Crippen LogP contribution in [0.25, 0.3) is 12.2 Å². The standard InChI is InChI=1S/C40H52N2O2/c1-38(2,3)31-23-30(37(44)33(24-31)40(7,8)9)26-42-35-18-14-13-17-34(35)41-25-29-21-28(20-19-27-15-11-10-12-16-27)22-32(36(29)43)39(4,5)6/h10-12,15-16,19-26,34-35,43-44H,13-14,17-18H2,1-9H3/b20-19+,41-25?,42-26?/t34-,35-/m1/s1. The first-order valence-electron chi connectivity index (χ1n) is 16.1. The van der Waals surface area contributed by atoms with E-state index in [9.17, 15) is 10.2 Å². The van der Waals surface area contributed by atoms with E-state index >= 15 is 0 Å². The van der Waals surface area contributed by atoms with Gasteiger partial charge in [-0.05, 0) is 64.0 Å². The van der Waals surface area contributed by atoms with Crippen LogP contribution in [0, 0.1) is 0 Å². The van der Waals surface area contributed by atoms with Crippen LogP contribution < -0.4 is 0 Å². The zero-order valence-electron chi connectivity index (χ0n) is 28.3. The largest absolute Gasteiger partial charge is 0.507 e. The Morgan fingerprint density at radius 1 is 0.591 bits per heavy atom. The van der Waals surface area contributed by atoms with E-state index in [-0.39, 0.29) is 34.1 Å². The Morgan fingerprint density at radius 2 is 1.07 bits per heavy atom. The van der Waals surface area contributed by atoms with Crippen molar-refractivity contribution in [2.75, 3.05) is 0 Å². The molecule has 0 aromatic heterocycles. The summed E-state index contributed by atoms with van der Waals surface area (Å²) >= 11 is 0. The van der Waals surface area contributed by atoms with Gasteiger partial charge in [-0.3, -0.25) is 9.98 Å². The fraction of sp³-hybridized carbons (Fsp3) is 0.450. The second-order valence-corrected chi connectivity index (χ2v) is 15.4. The lowest BCUT2D eigenvalue weighted by Gasteiger charge is -2.28. The fourth-order valence-electron chi connectivity index (χ4n) is 5.75. The molecule has 0 heterocycles. The molecule has 1 saturated carbocycles. The second-order valence-electron chi connectivity index (χ2n) is 15.4. The van der Waals surface area contributed by atoms with Crippen molar-refractivity contribution in [2.24, 2.45) is 9.98 Å². The highest BCUT2D eigenvalue weighted by molar-refractivity contribution is 5.87. The minimum atomic E-state index is -0.226. The van der Waals surface area contributed by atoms with Gasteiger partial charge in [0.05, 0.1) is 12.1 Å². The van der Waals surface area contributed by atoms with Crippen LogP contribution in [0.1, 0.15) is 127 Å². The van der Waals surface area contributed by atoms with Crippen LogP contribution >= 0.6 is 0 Å². The van der Waals surface area contributed by atoms with E-state index in [1.807, 2.05) is 36.7 Å². The molecule has 4 nitrogen and oxygen atoms in total. The van der Waals surface area contributed by atoms with Gasteiger partial charge in [0, 0.05) is 34.7 Å². The molecule has 0 amide bonds. The predicted molar refractivity (Wildman–Crippen MR) is 189 cm³/mol. The van der Waals surface area contributed by atoms with Gasteiger partial charge < -0.3 is 10.2 Å². The highest BCUT2D eigenvalue weighted by Gasteiger charge is 2.27. The molecule has 0 radical (unpaired) electrons. The van der Waals surface area contributed by atoms with E-state index in [2.05, 4.69) is 105 Å². The van der Waals surface area contributed by atoms with E-state index in [1.165, 1.54) is 5.56 Å².